The molecule has 1 aromatic carbocycles. The van der Waals surface area contributed by atoms with E-state index in [4.69, 9.17) is 4.74 Å². The predicted octanol–water partition coefficient (Wildman–Crippen LogP) is 2.49. The molecule has 1 amide bonds. The van der Waals surface area contributed by atoms with Crippen molar-refractivity contribution >= 4 is 23.4 Å². The summed E-state index contributed by atoms with van der Waals surface area (Å²) < 4.78 is 7.16. The number of benzene rings is 1. The van der Waals surface area contributed by atoms with E-state index in [1.807, 2.05) is 32.0 Å². The van der Waals surface area contributed by atoms with Crippen LogP contribution in [0.1, 0.15) is 30.9 Å². The molecule has 2 heterocycles. The second-order valence-corrected chi connectivity index (χ2v) is 7.93. The van der Waals surface area contributed by atoms with Gasteiger partial charge in [0.25, 0.3) is 0 Å². The lowest BCUT2D eigenvalue weighted by Crippen LogP contribution is -2.27. The Bertz CT molecular complexity index is 839. The fourth-order valence-electron chi connectivity index (χ4n) is 2.95. The summed E-state index contributed by atoms with van der Waals surface area (Å²) in [5.41, 5.74) is 2.69. The summed E-state index contributed by atoms with van der Waals surface area (Å²) in [5, 5.41) is 9.60. The van der Waals surface area contributed by atoms with Gasteiger partial charge in [0.05, 0.1) is 17.9 Å². The number of hydrogen-bond donors (Lipinski definition) is 2. The average Bonchev–Trinajstić information content (AvgIpc) is 3.22. The van der Waals surface area contributed by atoms with Gasteiger partial charge in [-0.3, -0.25) is 9.36 Å². The Balaban J connectivity index is 1.66. The lowest BCUT2D eigenvalue weighted by molar-refractivity contribution is -0.115. The van der Waals surface area contributed by atoms with E-state index in [1.54, 1.807) is 11.5 Å². The molecule has 3 rings (SSSR count). The zero-order valence-electron chi connectivity index (χ0n) is 15.2. The quantitative estimate of drug-likeness (QED) is 0.756. The fraction of sp³-hybridized carbons (Fsp3) is 0.500. The van der Waals surface area contributed by atoms with Crippen molar-refractivity contribution in [1.29, 1.82) is 0 Å². The van der Waals surface area contributed by atoms with Crippen LogP contribution >= 0.6 is 11.8 Å². The monoisotopic (exact) mass is 376 g/mol. The highest BCUT2D eigenvalue weighted by molar-refractivity contribution is 8.00. The normalized spacial score (nSPS) is 18.0. The van der Waals surface area contributed by atoms with Crippen molar-refractivity contribution in [2.45, 2.75) is 56.7 Å². The molecule has 0 unspecified atom stereocenters. The lowest BCUT2D eigenvalue weighted by Gasteiger charge is -2.15. The Morgan fingerprint density at radius 3 is 3.00 bits per heavy atom. The van der Waals surface area contributed by atoms with Crippen molar-refractivity contribution in [1.82, 2.24) is 14.8 Å². The van der Waals surface area contributed by atoms with Crippen molar-refractivity contribution in [3.63, 3.8) is 0 Å². The first-order chi connectivity index (χ1) is 12.4. The van der Waals surface area contributed by atoms with Gasteiger partial charge in [-0.2, -0.15) is 0 Å². The van der Waals surface area contributed by atoms with Crippen LogP contribution in [0.4, 0.5) is 5.69 Å². The van der Waals surface area contributed by atoms with Crippen molar-refractivity contribution in [3.8, 4) is 0 Å². The fourth-order valence-corrected chi connectivity index (χ4v) is 3.81. The molecule has 0 radical (unpaired) electrons. The molecule has 2 atom stereocenters. The topological polar surface area (TPSA) is 89.0 Å². The van der Waals surface area contributed by atoms with Crippen molar-refractivity contribution in [2.24, 2.45) is 0 Å². The standard InChI is InChI=1S/C18H24N4O3S/c1-11-6-7-15(12(2)9-11)19-16(23)13(3)26-18-21-20-17(24)22(18)10-14-5-4-8-25-14/h6-7,9,13-14H,4-5,8,10H2,1-3H3,(H,19,23)(H,20,24)/t13-,14-/m0/s1. The summed E-state index contributed by atoms with van der Waals surface area (Å²) in [6.07, 6.45) is 1.97. The molecule has 1 aliphatic heterocycles. The largest absolute Gasteiger partial charge is 0.376 e. The average molecular weight is 376 g/mol. The van der Waals surface area contributed by atoms with Crippen LogP contribution in [0.25, 0.3) is 0 Å². The maximum absolute atomic E-state index is 12.5. The minimum atomic E-state index is -0.394. The van der Waals surface area contributed by atoms with Crippen LogP contribution in [0, 0.1) is 13.8 Å². The SMILES string of the molecule is Cc1ccc(NC(=O)[C@H](C)Sc2n[nH]c(=O)n2C[C@@H]2CCCO2)c(C)c1. The number of H-pyrrole nitrogens is 1. The smallest absolute Gasteiger partial charge is 0.344 e. The number of amides is 1. The number of aryl methyl sites for hydroxylation is 2. The molecule has 1 aromatic heterocycles. The third-order valence-corrected chi connectivity index (χ3v) is 5.51. The molecule has 1 aliphatic rings. The first-order valence-electron chi connectivity index (χ1n) is 8.75. The molecule has 140 valence electrons. The summed E-state index contributed by atoms with van der Waals surface area (Å²) >= 11 is 1.26. The number of thioether (sulfide) groups is 1. The van der Waals surface area contributed by atoms with Gasteiger partial charge in [-0.1, -0.05) is 29.5 Å². The minimum Gasteiger partial charge on any atom is -0.376 e. The summed E-state index contributed by atoms with van der Waals surface area (Å²) in [5.74, 6) is -0.124. The van der Waals surface area contributed by atoms with Crippen LogP contribution in [-0.2, 0) is 16.1 Å². The zero-order chi connectivity index (χ0) is 18.7. The molecule has 0 aliphatic carbocycles. The number of hydrogen-bond acceptors (Lipinski definition) is 5. The molecular formula is C18H24N4O3S. The highest BCUT2D eigenvalue weighted by atomic mass is 32.2. The number of nitrogens with zero attached hydrogens (tertiary/aromatic N) is 2. The highest BCUT2D eigenvalue weighted by Crippen LogP contribution is 2.24. The Labute approximate surface area is 156 Å². The summed E-state index contributed by atoms with van der Waals surface area (Å²) in [6.45, 7) is 6.98. The van der Waals surface area contributed by atoms with E-state index in [0.29, 0.717) is 11.7 Å². The van der Waals surface area contributed by atoms with Gasteiger partial charge in [0.2, 0.25) is 5.91 Å². The Morgan fingerprint density at radius 1 is 1.50 bits per heavy atom. The predicted molar refractivity (Wildman–Crippen MR) is 102 cm³/mol. The summed E-state index contributed by atoms with van der Waals surface area (Å²) in [6, 6.07) is 5.90. The Hall–Kier alpha value is -2.06. The Morgan fingerprint density at radius 2 is 2.31 bits per heavy atom. The number of ether oxygens (including phenoxy) is 1. The molecule has 7 nitrogen and oxygen atoms in total. The van der Waals surface area contributed by atoms with Gasteiger partial charge in [0, 0.05) is 12.3 Å². The van der Waals surface area contributed by atoms with Crippen molar-refractivity contribution in [3.05, 3.63) is 39.8 Å². The van der Waals surface area contributed by atoms with E-state index in [9.17, 15) is 9.59 Å². The number of rotatable bonds is 6. The van der Waals surface area contributed by atoms with Gasteiger partial charge in [-0.15, -0.1) is 5.10 Å². The third-order valence-electron chi connectivity index (χ3n) is 4.42. The number of carbonyl (C=O) groups excluding carboxylic acids is 1. The van der Waals surface area contributed by atoms with E-state index in [2.05, 4.69) is 15.5 Å². The molecule has 1 fully saturated rings. The van der Waals surface area contributed by atoms with Crippen molar-refractivity contribution in [2.75, 3.05) is 11.9 Å². The maximum atomic E-state index is 12.5. The molecule has 1 saturated heterocycles. The Kier molecular flexibility index (Phi) is 5.83. The van der Waals surface area contributed by atoms with E-state index >= 15 is 0 Å². The van der Waals surface area contributed by atoms with Crippen molar-refractivity contribution < 1.29 is 9.53 Å². The van der Waals surface area contributed by atoms with Gasteiger partial charge in [-0.25, -0.2) is 9.89 Å². The first-order valence-corrected chi connectivity index (χ1v) is 9.63. The molecule has 0 saturated carbocycles. The third kappa shape index (κ3) is 4.37. The van der Waals surface area contributed by atoms with Gasteiger partial charge >= 0.3 is 5.69 Å². The van der Waals surface area contributed by atoms with E-state index < -0.39 is 5.25 Å². The molecular weight excluding hydrogens is 352 g/mol. The minimum absolute atomic E-state index is 0.0315. The molecule has 2 aromatic rings. The zero-order valence-corrected chi connectivity index (χ0v) is 16.1. The van der Waals surface area contributed by atoms with Crippen LogP contribution in [0.15, 0.2) is 28.2 Å². The maximum Gasteiger partial charge on any atom is 0.344 e. The first kappa shape index (κ1) is 18.7. The number of aromatic amines is 1. The van der Waals surface area contributed by atoms with Crippen LogP contribution in [0.5, 0.6) is 0 Å². The molecule has 0 bridgehead atoms. The van der Waals surface area contributed by atoms with Gasteiger partial charge in [0.15, 0.2) is 5.16 Å². The molecule has 2 N–H and O–H groups in total. The number of aromatic nitrogens is 3. The molecule has 26 heavy (non-hydrogen) atoms. The second kappa shape index (κ2) is 8.09. The van der Waals surface area contributed by atoms with E-state index in [1.165, 1.54) is 11.8 Å². The van der Waals surface area contributed by atoms with Crippen LogP contribution in [-0.4, -0.2) is 38.6 Å². The second-order valence-electron chi connectivity index (χ2n) is 6.62. The van der Waals surface area contributed by atoms with E-state index in [-0.39, 0.29) is 17.7 Å². The van der Waals surface area contributed by atoms with Crippen LogP contribution < -0.4 is 11.0 Å². The van der Waals surface area contributed by atoms with E-state index in [0.717, 1.165) is 36.3 Å². The van der Waals surface area contributed by atoms with Crippen LogP contribution in [0.2, 0.25) is 0 Å². The van der Waals surface area contributed by atoms with Gasteiger partial charge in [0.1, 0.15) is 0 Å². The molecule has 8 heteroatoms. The lowest BCUT2D eigenvalue weighted by atomic mass is 10.1. The number of carbonyl (C=O) groups is 1. The number of anilines is 1. The van der Waals surface area contributed by atoms with Crippen LogP contribution in [0.3, 0.4) is 0 Å². The molecule has 0 spiro atoms. The number of nitrogens with one attached hydrogen (secondary N) is 2. The highest BCUT2D eigenvalue weighted by Gasteiger charge is 2.23. The van der Waals surface area contributed by atoms with Gasteiger partial charge < -0.3 is 10.1 Å². The summed E-state index contributed by atoms with van der Waals surface area (Å²) in [7, 11) is 0. The van der Waals surface area contributed by atoms with Gasteiger partial charge in [-0.05, 0) is 45.2 Å². The summed E-state index contributed by atoms with van der Waals surface area (Å²) in [4.78, 5) is 24.6.